The van der Waals surface area contributed by atoms with Gasteiger partial charge in [0.2, 0.25) is 0 Å². The van der Waals surface area contributed by atoms with Gasteiger partial charge in [-0.25, -0.2) is 11.1 Å². The van der Waals surface area contributed by atoms with Crippen LogP contribution in [0.5, 0.6) is 0 Å². The second-order valence-electron chi connectivity index (χ2n) is 8.44. The predicted octanol–water partition coefficient (Wildman–Crippen LogP) is 6.35. The van der Waals surface area contributed by atoms with Crippen molar-refractivity contribution in [2.24, 2.45) is 0 Å². The van der Waals surface area contributed by atoms with Gasteiger partial charge in [-0.05, 0) is 36.3 Å². The fourth-order valence-corrected chi connectivity index (χ4v) is 10.3. The van der Waals surface area contributed by atoms with Crippen LogP contribution in [0.4, 0.5) is 0 Å². The first-order valence-corrected chi connectivity index (χ1v) is 12.4. The molecule has 0 unspecified atom stereocenters. The molecule has 1 aliphatic rings. The molecular weight excluding hydrogens is 519 g/mol. The Morgan fingerprint density at radius 2 is 0.970 bits per heavy atom. The largest absolute Gasteiger partial charge is 0.270 e. The van der Waals surface area contributed by atoms with Gasteiger partial charge in [0.1, 0.15) is 0 Å². The molecule has 0 spiro atoms. The minimum absolute atomic E-state index is 0. The van der Waals surface area contributed by atoms with Crippen molar-refractivity contribution >= 4 is 60.9 Å². The van der Waals surface area contributed by atoms with Crippen molar-refractivity contribution in [3.8, 4) is 0 Å². The van der Waals surface area contributed by atoms with Crippen LogP contribution in [0.15, 0.2) is 89.1 Å². The van der Waals surface area contributed by atoms with Gasteiger partial charge in [0.25, 0.3) is 0 Å². The van der Waals surface area contributed by atoms with E-state index in [4.69, 9.17) is 0 Å². The first kappa shape index (κ1) is 31.9. The predicted molar refractivity (Wildman–Crippen MR) is 150 cm³/mol. The molecule has 0 atom stereocenters. The smallest absolute Gasteiger partial charge is 0.157 e. The zero-order valence-electron chi connectivity index (χ0n) is 19.9. The Balaban J connectivity index is 0.00000256. The maximum atomic E-state index is 3.66. The average Bonchev–Trinajstić information content (AvgIpc) is 3.02. The fourth-order valence-electron chi connectivity index (χ4n) is 4.78. The molecule has 0 N–H and O–H groups in total. The van der Waals surface area contributed by atoms with E-state index >= 15 is 0 Å². The van der Waals surface area contributed by atoms with E-state index < -0.39 is 8.07 Å². The van der Waals surface area contributed by atoms with E-state index in [1.807, 2.05) is 0 Å². The molecule has 0 aliphatic heterocycles. The fraction of sp³-hybridized carbons (Fsp3) is 0.214. The maximum absolute atomic E-state index is 3.66. The number of hydrogen-bond acceptors (Lipinski definition) is 0. The Kier molecular flexibility index (Phi) is 12.7. The maximum Gasteiger partial charge on any atom is 0.157 e. The summed E-state index contributed by atoms with van der Waals surface area (Å²) in [4.78, 5) is 0. The van der Waals surface area contributed by atoms with Crippen molar-refractivity contribution in [1.82, 2.24) is 0 Å². The third kappa shape index (κ3) is 5.96. The van der Waals surface area contributed by atoms with E-state index in [1.54, 1.807) is 5.20 Å². The average molecular weight is 551 g/mol. The van der Waals surface area contributed by atoms with Crippen LogP contribution < -0.4 is 15.6 Å². The molecule has 0 aromatic heterocycles. The molecule has 0 saturated carbocycles. The number of hydrogen-bond donors (Lipinski definition) is 0. The SMILES string of the molecule is CC1=[C-]CC([Si](c2cccc(C)c2)(c2cccc(C)c2)c2cccc(C)c2)=C1C.Cl.Cl.Cl.[Ti]. The zero-order valence-corrected chi connectivity index (χ0v) is 24.9. The molecule has 1 aliphatic carbocycles. The molecule has 0 amide bonds. The van der Waals surface area contributed by atoms with E-state index in [-0.39, 0.29) is 58.9 Å². The van der Waals surface area contributed by atoms with Gasteiger partial charge in [0.05, 0.1) is 0 Å². The molecule has 0 fully saturated rings. The van der Waals surface area contributed by atoms with E-state index in [9.17, 15) is 0 Å². The molecular formula is C28H32Cl3SiTi-. The second kappa shape index (κ2) is 13.1. The van der Waals surface area contributed by atoms with Crippen LogP contribution in [0.3, 0.4) is 0 Å². The first-order chi connectivity index (χ1) is 13.9. The third-order valence-electron chi connectivity index (χ3n) is 6.35. The van der Waals surface area contributed by atoms with Crippen molar-refractivity contribution in [1.29, 1.82) is 0 Å². The van der Waals surface area contributed by atoms with Crippen molar-refractivity contribution < 1.29 is 21.7 Å². The van der Waals surface area contributed by atoms with Crippen LogP contribution in [0.25, 0.3) is 0 Å². The van der Waals surface area contributed by atoms with Crippen LogP contribution in [0.2, 0.25) is 0 Å². The molecule has 0 saturated heterocycles. The van der Waals surface area contributed by atoms with E-state index in [0.29, 0.717) is 0 Å². The van der Waals surface area contributed by atoms with Crippen LogP contribution in [0.1, 0.15) is 37.0 Å². The van der Waals surface area contributed by atoms with Gasteiger partial charge < -0.3 is 0 Å². The first-order valence-electron chi connectivity index (χ1n) is 10.4. The van der Waals surface area contributed by atoms with Gasteiger partial charge in [-0.3, -0.25) is 6.08 Å². The van der Waals surface area contributed by atoms with Gasteiger partial charge >= 0.3 is 0 Å². The molecule has 0 nitrogen and oxygen atoms in total. The van der Waals surface area contributed by atoms with Gasteiger partial charge in [0.15, 0.2) is 8.07 Å². The van der Waals surface area contributed by atoms with Gasteiger partial charge in [-0.2, -0.15) is 5.20 Å². The summed E-state index contributed by atoms with van der Waals surface area (Å²) < 4.78 is 0. The van der Waals surface area contributed by atoms with Crippen LogP contribution in [-0.4, -0.2) is 8.07 Å². The van der Waals surface area contributed by atoms with E-state index in [1.165, 1.54) is 43.4 Å². The van der Waals surface area contributed by atoms with Crippen LogP contribution in [0, 0.1) is 26.8 Å². The molecule has 33 heavy (non-hydrogen) atoms. The number of aryl methyl sites for hydroxylation is 3. The molecule has 0 radical (unpaired) electrons. The molecule has 4 rings (SSSR count). The minimum atomic E-state index is -2.39. The topological polar surface area (TPSA) is 0 Å². The van der Waals surface area contributed by atoms with Gasteiger partial charge in [-0.15, -0.1) is 50.6 Å². The number of benzene rings is 3. The minimum Gasteiger partial charge on any atom is -0.270 e. The Bertz CT molecular complexity index is 1040. The molecule has 5 heteroatoms. The molecule has 3 aromatic rings. The zero-order chi connectivity index (χ0) is 20.6. The second-order valence-corrected chi connectivity index (χ2v) is 12.3. The molecule has 0 heterocycles. The Morgan fingerprint density at radius 1 is 0.606 bits per heavy atom. The van der Waals surface area contributed by atoms with Crippen molar-refractivity contribution in [3.05, 3.63) is 112 Å². The van der Waals surface area contributed by atoms with Crippen LogP contribution >= 0.6 is 37.2 Å². The number of allylic oxidation sites excluding steroid dienone is 4. The third-order valence-corrected chi connectivity index (χ3v) is 11.3. The van der Waals surface area contributed by atoms with Crippen molar-refractivity contribution in [2.75, 3.05) is 0 Å². The Morgan fingerprint density at radius 3 is 1.24 bits per heavy atom. The number of rotatable bonds is 4. The molecule has 174 valence electrons. The summed E-state index contributed by atoms with van der Waals surface area (Å²) in [7, 11) is -2.39. The Labute approximate surface area is 234 Å². The van der Waals surface area contributed by atoms with Gasteiger partial charge in [0, 0.05) is 21.7 Å². The van der Waals surface area contributed by atoms with E-state index in [0.717, 1.165) is 6.42 Å². The quantitative estimate of drug-likeness (QED) is 0.202. The number of halogens is 3. The summed E-state index contributed by atoms with van der Waals surface area (Å²) in [5, 5.41) is 6.00. The van der Waals surface area contributed by atoms with Crippen LogP contribution in [-0.2, 0) is 21.7 Å². The normalized spacial score (nSPS) is 12.6. The summed E-state index contributed by atoms with van der Waals surface area (Å²) in [6.07, 6.45) is 4.59. The van der Waals surface area contributed by atoms with Crippen molar-refractivity contribution in [3.63, 3.8) is 0 Å². The molecule has 3 aromatic carbocycles. The summed E-state index contributed by atoms with van der Waals surface area (Å²) >= 11 is 0. The monoisotopic (exact) mass is 549 g/mol. The summed E-state index contributed by atoms with van der Waals surface area (Å²) in [5.41, 5.74) is 6.71. The summed E-state index contributed by atoms with van der Waals surface area (Å²) in [6.45, 7) is 11.1. The summed E-state index contributed by atoms with van der Waals surface area (Å²) in [6, 6.07) is 27.7. The van der Waals surface area contributed by atoms with E-state index in [2.05, 4.69) is 113 Å². The summed E-state index contributed by atoms with van der Waals surface area (Å²) in [5.74, 6) is 0. The molecule has 0 bridgehead atoms. The van der Waals surface area contributed by atoms with Gasteiger partial charge in [-0.1, -0.05) is 96.4 Å². The standard InChI is InChI=1S/C28H29Si.3ClH.Ti/c1-20-9-6-12-25(17-20)29(26-13-7-10-21(2)18-26,27-14-8-11-22(3)19-27)28-16-15-23(4)24(28)5;;;;/h6-14,17-19H,16H2,1-5H3;3*1H;/q-1;;;;. The van der Waals surface area contributed by atoms with Crippen molar-refractivity contribution in [2.45, 2.75) is 41.0 Å². The Hall–Kier alpha value is -1.06.